The van der Waals surface area contributed by atoms with Gasteiger partial charge < -0.3 is 10.5 Å². The number of rotatable bonds is 8. The van der Waals surface area contributed by atoms with Gasteiger partial charge in [-0.15, -0.1) is 0 Å². The van der Waals surface area contributed by atoms with Crippen molar-refractivity contribution < 1.29 is 9.53 Å². The van der Waals surface area contributed by atoms with E-state index in [0.717, 1.165) is 12.8 Å². The Morgan fingerprint density at radius 1 is 1.19 bits per heavy atom. The second-order valence-electron chi connectivity index (χ2n) is 5.34. The predicted octanol–water partition coefficient (Wildman–Crippen LogP) is 2.59. The van der Waals surface area contributed by atoms with Crippen molar-refractivity contribution in [2.24, 2.45) is 23.5 Å². The first-order valence-electron chi connectivity index (χ1n) is 6.31. The summed E-state index contributed by atoms with van der Waals surface area (Å²) in [6, 6.07) is 0. The van der Waals surface area contributed by atoms with Crippen LogP contribution in [0.1, 0.15) is 47.0 Å². The molecular weight excluding hydrogens is 202 g/mol. The summed E-state index contributed by atoms with van der Waals surface area (Å²) in [5.74, 6) is 1.33. The van der Waals surface area contributed by atoms with Crippen molar-refractivity contribution in [3.63, 3.8) is 0 Å². The molecule has 0 aromatic heterocycles. The molecule has 3 nitrogen and oxygen atoms in total. The Bertz CT molecular complexity index is 190. The zero-order valence-corrected chi connectivity index (χ0v) is 11.2. The van der Waals surface area contributed by atoms with Gasteiger partial charge in [-0.05, 0) is 37.1 Å². The van der Waals surface area contributed by atoms with Crippen LogP contribution >= 0.6 is 0 Å². The van der Waals surface area contributed by atoms with Gasteiger partial charge >= 0.3 is 5.97 Å². The molecule has 0 fully saturated rings. The van der Waals surface area contributed by atoms with Crippen LogP contribution in [0.25, 0.3) is 0 Å². The van der Waals surface area contributed by atoms with E-state index in [1.54, 1.807) is 0 Å². The van der Waals surface area contributed by atoms with Gasteiger partial charge in [-0.3, -0.25) is 4.79 Å². The summed E-state index contributed by atoms with van der Waals surface area (Å²) in [4.78, 5) is 11.5. The highest BCUT2D eigenvalue weighted by molar-refractivity contribution is 5.69. The number of ether oxygens (including phenoxy) is 1. The first-order valence-corrected chi connectivity index (χ1v) is 6.31. The van der Waals surface area contributed by atoms with Crippen LogP contribution in [0, 0.1) is 17.8 Å². The maximum Gasteiger partial charge on any atom is 0.306 e. The number of hydrogen-bond acceptors (Lipinski definition) is 3. The summed E-state index contributed by atoms with van der Waals surface area (Å²) in [7, 11) is 0. The Balaban J connectivity index is 3.74. The smallest absolute Gasteiger partial charge is 0.306 e. The van der Waals surface area contributed by atoms with Crippen LogP contribution in [0.15, 0.2) is 0 Å². The monoisotopic (exact) mass is 229 g/mol. The second-order valence-corrected chi connectivity index (χ2v) is 5.34. The van der Waals surface area contributed by atoms with Crippen molar-refractivity contribution in [2.75, 3.05) is 13.2 Å². The maximum atomic E-state index is 11.5. The van der Waals surface area contributed by atoms with Crippen molar-refractivity contribution in [2.45, 2.75) is 47.0 Å². The molecule has 0 saturated carbocycles. The predicted molar refractivity (Wildman–Crippen MR) is 67.0 cm³/mol. The fourth-order valence-corrected chi connectivity index (χ4v) is 1.63. The van der Waals surface area contributed by atoms with E-state index in [4.69, 9.17) is 10.5 Å². The number of carbonyl (C=O) groups excluding carboxylic acids is 1. The first-order chi connectivity index (χ1) is 7.45. The van der Waals surface area contributed by atoms with Crippen LogP contribution in [0.4, 0.5) is 0 Å². The summed E-state index contributed by atoms with van der Waals surface area (Å²) in [5, 5.41) is 0. The molecular formula is C13H27NO2. The molecule has 16 heavy (non-hydrogen) atoms. The van der Waals surface area contributed by atoms with Gasteiger partial charge in [0.25, 0.3) is 0 Å². The van der Waals surface area contributed by atoms with Crippen LogP contribution in [0.5, 0.6) is 0 Å². The Morgan fingerprint density at radius 3 is 2.25 bits per heavy atom. The first kappa shape index (κ1) is 15.4. The average molecular weight is 229 g/mol. The zero-order valence-electron chi connectivity index (χ0n) is 11.2. The second kappa shape index (κ2) is 8.57. The number of nitrogens with two attached hydrogens (primary N) is 1. The minimum Gasteiger partial charge on any atom is -0.466 e. The normalized spacial score (nSPS) is 13.2. The highest BCUT2D eigenvalue weighted by Gasteiger charge is 2.14. The summed E-state index contributed by atoms with van der Waals surface area (Å²) in [6.07, 6.45) is 2.39. The van der Waals surface area contributed by atoms with Crippen LogP contribution < -0.4 is 5.73 Å². The standard InChI is InChI=1S/C13H27NO2/c1-10(2)5-6-16-13(15)8-12(9-14)7-11(3)4/h10-12H,5-9,14H2,1-4H3/t12-/m0/s1. The fraction of sp³-hybridized carbons (Fsp3) is 0.923. The highest BCUT2D eigenvalue weighted by Crippen LogP contribution is 2.15. The topological polar surface area (TPSA) is 52.3 Å². The van der Waals surface area contributed by atoms with E-state index in [1.165, 1.54) is 0 Å². The Labute approximate surface area is 99.7 Å². The highest BCUT2D eigenvalue weighted by atomic mass is 16.5. The molecule has 0 amide bonds. The fourth-order valence-electron chi connectivity index (χ4n) is 1.63. The lowest BCUT2D eigenvalue weighted by molar-refractivity contribution is -0.145. The van der Waals surface area contributed by atoms with Gasteiger partial charge in [-0.1, -0.05) is 27.7 Å². The molecule has 0 radical (unpaired) electrons. The molecule has 0 bridgehead atoms. The Kier molecular flexibility index (Phi) is 8.26. The third-order valence-electron chi connectivity index (χ3n) is 2.55. The lowest BCUT2D eigenvalue weighted by atomic mass is 9.94. The molecule has 0 unspecified atom stereocenters. The van der Waals surface area contributed by atoms with Gasteiger partial charge in [-0.25, -0.2) is 0 Å². The molecule has 0 aliphatic heterocycles. The van der Waals surface area contributed by atoms with Crippen molar-refractivity contribution in [1.29, 1.82) is 0 Å². The molecule has 0 aromatic carbocycles. The zero-order chi connectivity index (χ0) is 12.6. The van der Waals surface area contributed by atoms with Crippen molar-refractivity contribution in [3.8, 4) is 0 Å². The quantitative estimate of drug-likeness (QED) is 0.651. The van der Waals surface area contributed by atoms with Gasteiger partial charge in [0.2, 0.25) is 0 Å². The van der Waals surface area contributed by atoms with E-state index < -0.39 is 0 Å². The third kappa shape index (κ3) is 8.72. The Morgan fingerprint density at radius 2 is 1.81 bits per heavy atom. The van der Waals surface area contributed by atoms with E-state index in [0.29, 0.717) is 31.4 Å². The van der Waals surface area contributed by atoms with Crippen molar-refractivity contribution in [1.82, 2.24) is 0 Å². The lowest BCUT2D eigenvalue weighted by Crippen LogP contribution is -2.21. The molecule has 0 aliphatic carbocycles. The van der Waals surface area contributed by atoms with Crippen LogP contribution in [-0.4, -0.2) is 19.1 Å². The summed E-state index contributed by atoms with van der Waals surface area (Å²) < 4.78 is 5.17. The Hall–Kier alpha value is -0.570. The van der Waals surface area contributed by atoms with Crippen LogP contribution in [0.2, 0.25) is 0 Å². The number of esters is 1. The molecule has 3 heteroatoms. The van der Waals surface area contributed by atoms with E-state index >= 15 is 0 Å². The lowest BCUT2D eigenvalue weighted by Gasteiger charge is -2.16. The van der Waals surface area contributed by atoms with E-state index in [-0.39, 0.29) is 11.9 Å². The maximum absolute atomic E-state index is 11.5. The number of carbonyl (C=O) groups is 1. The minimum absolute atomic E-state index is 0.100. The van der Waals surface area contributed by atoms with Crippen molar-refractivity contribution >= 4 is 5.97 Å². The van der Waals surface area contributed by atoms with E-state index in [2.05, 4.69) is 27.7 Å². The molecule has 0 spiro atoms. The molecule has 2 N–H and O–H groups in total. The van der Waals surface area contributed by atoms with Gasteiger partial charge in [0.1, 0.15) is 0 Å². The molecule has 0 saturated heterocycles. The summed E-state index contributed by atoms with van der Waals surface area (Å²) in [6.45, 7) is 9.64. The molecule has 0 heterocycles. The van der Waals surface area contributed by atoms with Crippen LogP contribution in [-0.2, 0) is 9.53 Å². The van der Waals surface area contributed by atoms with Crippen molar-refractivity contribution in [3.05, 3.63) is 0 Å². The van der Waals surface area contributed by atoms with Crippen LogP contribution in [0.3, 0.4) is 0 Å². The summed E-state index contributed by atoms with van der Waals surface area (Å²) in [5.41, 5.74) is 5.64. The largest absolute Gasteiger partial charge is 0.466 e. The molecule has 1 atom stereocenters. The van der Waals surface area contributed by atoms with Gasteiger partial charge in [-0.2, -0.15) is 0 Å². The van der Waals surface area contributed by atoms with Gasteiger partial charge in [0.05, 0.1) is 6.61 Å². The van der Waals surface area contributed by atoms with Gasteiger partial charge in [0.15, 0.2) is 0 Å². The van der Waals surface area contributed by atoms with Gasteiger partial charge in [0, 0.05) is 6.42 Å². The number of hydrogen-bond donors (Lipinski definition) is 1. The molecule has 0 aromatic rings. The van der Waals surface area contributed by atoms with E-state index in [9.17, 15) is 4.79 Å². The molecule has 0 rings (SSSR count). The molecule has 96 valence electrons. The minimum atomic E-state index is -0.100. The third-order valence-corrected chi connectivity index (χ3v) is 2.55. The SMILES string of the molecule is CC(C)CCOC(=O)C[C@@H](CN)CC(C)C. The summed E-state index contributed by atoms with van der Waals surface area (Å²) >= 11 is 0. The molecule has 0 aliphatic rings. The van der Waals surface area contributed by atoms with E-state index in [1.807, 2.05) is 0 Å². The average Bonchev–Trinajstić information content (AvgIpc) is 2.15.